The van der Waals surface area contributed by atoms with Gasteiger partial charge in [0.15, 0.2) is 0 Å². The summed E-state index contributed by atoms with van der Waals surface area (Å²) in [5.41, 5.74) is -5.08. The van der Waals surface area contributed by atoms with Crippen molar-refractivity contribution < 1.29 is 27.9 Å². The summed E-state index contributed by atoms with van der Waals surface area (Å²) >= 11 is 0. The monoisotopic (exact) mass is 327 g/mol. The first-order chi connectivity index (χ1) is 10.7. The van der Waals surface area contributed by atoms with Gasteiger partial charge in [-0.25, -0.2) is 0 Å². The van der Waals surface area contributed by atoms with Gasteiger partial charge < -0.3 is 9.84 Å². The average Bonchev–Trinajstić information content (AvgIpc) is 2.53. The van der Waals surface area contributed by atoms with E-state index in [-0.39, 0.29) is 5.75 Å². The van der Waals surface area contributed by atoms with Crippen LogP contribution in [0.2, 0.25) is 0 Å². The van der Waals surface area contributed by atoms with Crippen LogP contribution in [0.5, 0.6) is 5.75 Å². The minimum Gasteiger partial charge on any atom is -0.497 e. The third-order valence-electron chi connectivity index (χ3n) is 3.37. The van der Waals surface area contributed by atoms with Crippen molar-refractivity contribution >= 4 is 5.69 Å². The molecule has 1 N–H and O–H groups in total. The fourth-order valence-corrected chi connectivity index (χ4v) is 2.19. The van der Waals surface area contributed by atoms with Crippen LogP contribution < -0.4 is 4.74 Å². The SMILES string of the molecule is COc1cccc(C(O)(c2cccc([N+](=O)[O-])c2)C(F)(F)F)c1. The molecule has 23 heavy (non-hydrogen) atoms. The minimum absolute atomic E-state index is 0.121. The van der Waals surface area contributed by atoms with Crippen LogP contribution in [-0.2, 0) is 5.60 Å². The number of non-ortho nitro benzene ring substituents is 1. The fourth-order valence-electron chi connectivity index (χ4n) is 2.19. The summed E-state index contributed by atoms with van der Waals surface area (Å²) in [5, 5.41) is 21.2. The molecule has 2 aromatic rings. The zero-order valence-electron chi connectivity index (χ0n) is 11.9. The summed E-state index contributed by atoms with van der Waals surface area (Å²) in [4.78, 5) is 9.96. The zero-order valence-corrected chi connectivity index (χ0v) is 11.9. The Morgan fingerprint density at radius 3 is 2.17 bits per heavy atom. The maximum absolute atomic E-state index is 13.6. The standard InChI is InChI=1S/C15H12F3NO4/c1-23-13-7-3-5-11(9-13)14(20,15(16,17)18)10-4-2-6-12(8-10)19(21)22/h2-9,20H,1H3. The highest BCUT2D eigenvalue weighted by Crippen LogP contribution is 2.45. The van der Waals surface area contributed by atoms with Gasteiger partial charge in [-0.1, -0.05) is 24.3 Å². The highest BCUT2D eigenvalue weighted by Gasteiger charge is 2.56. The Morgan fingerprint density at radius 1 is 1.09 bits per heavy atom. The van der Waals surface area contributed by atoms with Gasteiger partial charge in [-0.15, -0.1) is 0 Å². The Bertz CT molecular complexity index is 733. The van der Waals surface area contributed by atoms with Crippen LogP contribution in [0.1, 0.15) is 11.1 Å². The molecule has 0 heterocycles. The minimum atomic E-state index is -5.09. The lowest BCUT2D eigenvalue weighted by molar-refractivity contribution is -0.385. The van der Waals surface area contributed by atoms with Crippen molar-refractivity contribution in [2.45, 2.75) is 11.8 Å². The largest absolute Gasteiger partial charge is 0.497 e. The Labute approximate surface area is 129 Å². The molecule has 0 aliphatic heterocycles. The summed E-state index contributed by atoms with van der Waals surface area (Å²) in [6.07, 6.45) is -5.09. The molecule has 2 rings (SSSR count). The smallest absolute Gasteiger partial charge is 0.425 e. The number of nitrogens with zero attached hydrogens (tertiary/aromatic N) is 1. The number of ether oxygens (including phenoxy) is 1. The van der Waals surface area contributed by atoms with Crippen LogP contribution in [0.25, 0.3) is 0 Å². The zero-order chi connectivity index (χ0) is 17.3. The van der Waals surface area contributed by atoms with Crippen molar-refractivity contribution in [1.29, 1.82) is 0 Å². The van der Waals surface area contributed by atoms with Crippen molar-refractivity contribution in [1.82, 2.24) is 0 Å². The summed E-state index contributed by atoms with van der Waals surface area (Å²) in [6, 6.07) is 8.65. The Morgan fingerprint density at radius 2 is 1.65 bits per heavy atom. The van der Waals surface area contributed by atoms with Crippen molar-refractivity contribution in [3.05, 3.63) is 69.8 Å². The van der Waals surface area contributed by atoms with Crippen molar-refractivity contribution in [3.63, 3.8) is 0 Å². The first-order valence-electron chi connectivity index (χ1n) is 6.38. The second-order valence-electron chi connectivity index (χ2n) is 4.75. The van der Waals surface area contributed by atoms with Gasteiger partial charge in [0, 0.05) is 23.3 Å². The molecule has 8 heteroatoms. The van der Waals surface area contributed by atoms with Crippen molar-refractivity contribution in [2.24, 2.45) is 0 Å². The van der Waals surface area contributed by atoms with Crippen LogP contribution in [0.15, 0.2) is 48.5 Å². The summed E-state index contributed by atoms with van der Waals surface area (Å²) < 4.78 is 45.6. The van der Waals surface area contributed by atoms with Crippen LogP contribution in [0.3, 0.4) is 0 Å². The number of halogens is 3. The third kappa shape index (κ3) is 2.98. The average molecular weight is 327 g/mol. The number of methoxy groups -OCH3 is 1. The van der Waals surface area contributed by atoms with Crippen molar-refractivity contribution in [3.8, 4) is 5.75 Å². The number of alkyl halides is 3. The van der Waals surface area contributed by atoms with E-state index in [0.717, 1.165) is 30.3 Å². The molecule has 1 atom stereocenters. The summed E-state index contributed by atoms with van der Waals surface area (Å²) in [6.45, 7) is 0. The van der Waals surface area contributed by atoms with Crippen LogP contribution >= 0.6 is 0 Å². The molecule has 0 aromatic heterocycles. The topological polar surface area (TPSA) is 72.6 Å². The summed E-state index contributed by atoms with van der Waals surface area (Å²) in [7, 11) is 1.28. The second kappa shape index (κ2) is 5.88. The molecule has 5 nitrogen and oxygen atoms in total. The Hall–Kier alpha value is -2.61. The highest BCUT2D eigenvalue weighted by molar-refractivity contribution is 5.45. The molecule has 2 aromatic carbocycles. The molecule has 0 bridgehead atoms. The molecule has 1 unspecified atom stereocenters. The van der Waals surface area contributed by atoms with E-state index in [4.69, 9.17) is 4.74 Å². The number of aliphatic hydroxyl groups is 1. The highest BCUT2D eigenvalue weighted by atomic mass is 19.4. The predicted molar refractivity (Wildman–Crippen MR) is 75.1 cm³/mol. The summed E-state index contributed by atoms with van der Waals surface area (Å²) in [5.74, 6) is 0.121. The van der Waals surface area contributed by atoms with Gasteiger partial charge in [-0.05, 0) is 12.1 Å². The van der Waals surface area contributed by atoms with Crippen molar-refractivity contribution in [2.75, 3.05) is 7.11 Å². The van der Waals surface area contributed by atoms with Gasteiger partial charge in [0.05, 0.1) is 12.0 Å². The normalized spacial score (nSPS) is 14.1. The number of rotatable bonds is 4. The van der Waals surface area contributed by atoms with Gasteiger partial charge >= 0.3 is 6.18 Å². The molecule has 122 valence electrons. The predicted octanol–water partition coefficient (Wildman–Crippen LogP) is 3.40. The lowest BCUT2D eigenvalue weighted by Crippen LogP contribution is -2.43. The number of benzene rings is 2. The quantitative estimate of drug-likeness (QED) is 0.690. The van der Waals surface area contributed by atoms with E-state index in [1.54, 1.807) is 0 Å². The lowest BCUT2D eigenvalue weighted by atomic mass is 9.85. The Balaban J connectivity index is 2.70. The van der Waals surface area contributed by atoms with Crippen LogP contribution in [0, 0.1) is 10.1 Å². The van der Waals surface area contributed by atoms with E-state index in [2.05, 4.69) is 0 Å². The van der Waals surface area contributed by atoms with E-state index < -0.39 is 33.5 Å². The molecule has 0 saturated heterocycles. The van der Waals surface area contributed by atoms with Gasteiger partial charge in [0.2, 0.25) is 5.60 Å². The molecule has 0 aliphatic rings. The molecular weight excluding hydrogens is 315 g/mol. The van der Waals surface area contributed by atoms with E-state index in [1.807, 2.05) is 0 Å². The third-order valence-corrected chi connectivity index (χ3v) is 3.37. The van der Waals surface area contributed by atoms with E-state index >= 15 is 0 Å². The fraction of sp³-hybridized carbons (Fsp3) is 0.200. The van der Waals surface area contributed by atoms with E-state index in [0.29, 0.717) is 6.07 Å². The molecule has 0 fully saturated rings. The van der Waals surface area contributed by atoms with Gasteiger partial charge in [0.25, 0.3) is 5.69 Å². The number of hydrogen-bond donors (Lipinski definition) is 1. The molecular formula is C15H12F3NO4. The molecule has 0 saturated carbocycles. The van der Waals surface area contributed by atoms with Crippen LogP contribution in [0.4, 0.5) is 18.9 Å². The van der Waals surface area contributed by atoms with Gasteiger partial charge in [-0.2, -0.15) is 13.2 Å². The Kier molecular flexibility index (Phi) is 4.28. The molecule has 0 aliphatic carbocycles. The first-order valence-corrected chi connectivity index (χ1v) is 6.38. The van der Waals surface area contributed by atoms with E-state index in [1.165, 1.54) is 19.2 Å². The van der Waals surface area contributed by atoms with Gasteiger partial charge in [0.1, 0.15) is 5.75 Å². The number of nitro groups is 1. The number of hydrogen-bond acceptors (Lipinski definition) is 4. The first kappa shape index (κ1) is 16.8. The van der Waals surface area contributed by atoms with E-state index in [9.17, 15) is 28.4 Å². The molecule has 0 amide bonds. The lowest BCUT2D eigenvalue weighted by Gasteiger charge is -2.31. The maximum atomic E-state index is 13.6. The second-order valence-corrected chi connectivity index (χ2v) is 4.75. The maximum Gasteiger partial charge on any atom is 0.425 e. The number of nitro benzene ring substituents is 1. The van der Waals surface area contributed by atoms with Crippen LogP contribution in [-0.4, -0.2) is 23.3 Å². The molecule has 0 radical (unpaired) electrons. The molecule has 0 spiro atoms. The van der Waals surface area contributed by atoms with Gasteiger partial charge in [-0.3, -0.25) is 10.1 Å².